The Morgan fingerprint density at radius 2 is 1.74 bits per heavy atom. The molecule has 0 spiro atoms. The number of nitro groups is 1. The van der Waals surface area contributed by atoms with Gasteiger partial charge in [-0.2, -0.15) is 0 Å². The molecule has 0 unspecified atom stereocenters. The number of carboxylic acids is 1. The molecule has 0 radical (unpaired) electrons. The van der Waals surface area contributed by atoms with Crippen molar-refractivity contribution in [3.8, 4) is 0 Å². The number of aromatic carboxylic acids is 1. The predicted molar refractivity (Wildman–Crippen MR) is 87.3 cm³/mol. The summed E-state index contributed by atoms with van der Waals surface area (Å²) < 4.78 is 0. The predicted octanol–water partition coefficient (Wildman–Crippen LogP) is 4.19. The van der Waals surface area contributed by atoms with Gasteiger partial charge in [0, 0.05) is 23.2 Å². The van der Waals surface area contributed by atoms with Crippen LogP contribution in [0.15, 0.2) is 60.7 Å². The van der Waals surface area contributed by atoms with Gasteiger partial charge in [-0.15, -0.1) is 0 Å². The average molecular weight is 308 g/mol. The molecule has 2 N–H and O–H groups in total. The van der Waals surface area contributed by atoms with E-state index in [4.69, 9.17) is 0 Å². The fourth-order valence-corrected chi connectivity index (χ4v) is 2.41. The number of nitrogens with one attached hydrogen (secondary N) is 1. The minimum Gasteiger partial charge on any atom is -0.478 e. The molecule has 0 heterocycles. The Balaban J connectivity index is 2.08. The summed E-state index contributed by atoms with van der Waals surface area (Å²) in [6.45, 7) is 0. The van der Waals surface area contributed by atoms with E-state index in [-0.39, 0.29) is 11.3 Å². The largest absolute Gasteiger partial charge is 0.478 e. The van der Waals surface area contributed by atoms with Crippen LogP contribution in [0.25, 0.3) is 10.8 Å². The van der Waals surface area contributed by atoms with Gasteiger partial charge in [0.15, 0.2) is 0 Å². The molecule has 0 amide bonds. The molecule has 3 rings (SSSR count). The van der Waals surface area contributed by atoms with E-state index in [2.05, 4.69) is 5.32 Å². The van der Waals surface area contributed by atoms with Crippen molar-refractivity contribution < 1.29 is 14.8 Å². The van der Waals surface area contributed by atoms with Crippen LogP contribution in [-0.2, 0) is 0 Å². The number of nitro benzene ring substituents is 1. The Morgan fingerprint density at radius 3 is 2.48 bits per heavy atom. The Morgan fingerprint density at radius 1 is 1.00 bits per heavy atom. The summed E-state index contributed by atoms with van der Waals surface area (Å²) >= 11 is 0. The maximum absolute atomic E-state index is 11.4. The van der Waals surface area contributed by atoms with Gasteiger partial charge in [0.25, 0.3) is 5.69 Å². The van der Waals surface area contributed by atoms with E-state index in [9.17, 15) is 20.0 Å². The Hall–Kier alpha value is -3.41. The second-order valence-corrected chi connectivity index (χ2v) is 4.94. The van der Waals surface area contributed by atoms with Crippen LogP contribution in [0.1, 0.15) is 10.4 Å². The van der Waals surface area contributed by atoms with Gasteiger partial charge < -0.3 is 10.4 Å². The molecule has 0 atom stereocenters. The lowest BCUT2D eigenvalue weighted by Crippen LogP contribution is -2.04. The van der Waals surface area contributed by atoms with E-state index in [0.717, 1.165) is 22.5 Å². The second-order valence-electron chi connectivity index (χ2n) is 4.94. The summed E-state index contributed by atoms with van der Waals surface area (Å²) in [5, 5.41) is 25.1. The molecule has 0 aliphatic rings. The van der Waals surface area contributed by atoms with Crippen molar-refractivity contribution in [1.29, 1.82) is 0 Å². The van der Waals surface area contributed by atoms with Crippen LogP contribution in [0.4, 0.5) is 17.1 Å². The Kier molecular flexibility index (Phi) is 3.64. The van der Waals surface area contributed by atoms with Crippen LogP contribution >= 0.6 is 0 Å². The third-order valence-corrected chi connectivity index (χ3v) is 3.50. The summed E-state index contributed by atoms with van der Waals surface area (Å²) in [4.78, 5) is 21.6. The van der Waals surface area contributed by atoms with Crippen molar-refractivity contribution in [2.45, 2.75) is 0 Å². The molecular formula is C17H12N2O4. The van der Waals surface area contributed by atoms with Crippen molar-refractivity contribution in [3.63, 3.8) is 0 Å². The van der Waals surface area contributed by atoms with Crippen molar-refractivity contribution >= 4 is 33.8 Å². The molecule has 23 heavy (non-hydrogen) atoms. The Bertz CT molecular complexity index is 916. The number of carbonyl (C=O) groups is 1. The first kappa shape index (κ1) is 14.5. The number of rotatable bonds is 4. The van der Waals surface area contributed by atoms with Crippen LogP contribution in [0, 0.1) is 10.1 Å². The molecule has 6 heteroatoms. The van der Waals surface area contributed by atoms with Crippen LogP contribution in [-0.4, -0.2) is 16.0 Å². The summed E-state index contributed by atoms with van der Waals surface area (Å²) in [7, 11) is 0. The minimum atomic E-state index is -1.23. The van der Waals surface area contributed by atoms with Gasteiger partial charge in [0.05, 0.1) is 16.2 Å². The molecule has 0 aliphatic carbocycles. The standard InChI is InChI=1S/C17H12N2O4/c20-17(21)14-10-12(19(22)23)8-9-16(14)18-15-7-3-5-11-4-1-2-6-13(11)15/h1-10,18H,(H,20,21). The first-order valence-corrected chi connectivity index (χ1v) is 6.83. The summed E-state index contributed by atoms with van der Waals surface area (Å²) in [5.74, 6) is -1.23. The first-order chi connectivity index (χ1) is 11.1. The van der Waals surface area contributed by atoms with E-state index in [1.54, 1.807) is 0 Å². The smallest absolute Gasteiger partial charge is 0.338 e. The maximum atomic E-state index is 11.4. The van der Waals surface area contributed by atoms with Crippen LogP contribution in [0.3, 0.4) is 0 Å². The van der Waals surface area contributed by atoms with Gasteiger partial charge in [-0.3, -0.25) is 10.1 Å². The monoisotopic (exact) mass is 308 g/mol. The second kappa shape index (κ2) is 5.76. The van der Waals surface area contributed by atoms with Gasteiger partial charge in [-0.1, -0.05) is 36.4 Å². The number of anilines is 2. The molecule has 0 aromatic heterocycles. The number of fused-ring (bicyclic) bond motifs is 1. The van der Waals surface area contributed by atoms with Crippen LogP contribution in [0.2, 0.25) is 0 Å². The quantitative estimate of drug-likeness (QED) is 0.557. The zero-order chi connectivity index (χ0) is 16.4. The SMILES string of the molecule is O=C(O)c1cc([N+](=O)[O-])ccc1Nc1cccc2ccccc12. The van der Waals surface area contributed by atoms with Crippen molar-refractivity contribution in [2.24, 2.45) is 0 Å². The third kappa shape index (κ3) is 2.82. The molecule has 0 aliphatic heterocycles. The highest BCUT2D eigenvalue weighted by Gasteiger charge is 2.16. The van der Waals surface area contributed by atoms with Gasteiger partial charge in [-0.05, 0) is 17.5 Å². The fraction of sp³-hybridized carbons (Fsp3) is 0. The van der Waals surface area contributed by atoms with Gasteiger partial charge >= 0.3 is 5.97 Å². The molecule has 114 valence electrons. The highest BCUT2D eigenvalue weighted by Crippen LogP contribution is 2.29. The van der Waals surface area contributed by atoms with E-state index in [1.165, 1.54) is 12.1 Å². The van der Waals surface area contributed by atoms with E-state index in [1.807, 2.05) is 42.5 Å². The number of carboxylic acid groups (broad SMARTS) is 1. The fourth-order valence-electron chi connectivity index (χ4n) is 2.41. The van der Waals surface area contributed by atoms with Crippen molar-refractivity contribution in [2.75, 3.05) is 5.32 Å². The molecule has 0 saturated heterocycles. The van der Waals surface area contributed by atoms with Crippen molar-refractivity contribution in [3.05, 3.63) is 76.3 Å². The summed E-state index contributed by atoms with van der Waals surface area (Å²) in [6, 6.07) is 17.1. The molecule has 6 nitrogen and oxygen atoms in total. The normalized spacial score (nSPS) is 10.4. The zero-order valence-electron chi connectivity index (χ0n) is 11.9. The third-order valence-electron chi connectivity index (χ3n) is 3.50. The molecule has 0 bridgehead atoms. The topological polar surface area (TPSA) is 92.5 Å². The zero-order valence-corrected chi connectivity index (χ0v) is 11.9. The number of hydrogen-bond acceptors (Lipinski definition) is 4. The van der Waals surface area contributed by atoms with Crippen molar-refractivity contribution in [1.82, 2.24) is 0 Å². The van der Waals surface area contributed by atoms with Gasteiger partial charge in [0.2, 0.25) is 0 Å². The molecule has 0 saturated carbocycles. The molecule has 3 aromatic rings. The molecule has 3 aromatic carbocycles. The average Bonchev–Trinajstić information content (AvgIpc) is 2.55. The number of hydrogen-bond donors (Lipinski definition) is 2. The summed E-state index contributed by atoms with van der Waals surface area (Å²) in [6.07, 6.45) is 0. The minimum absolute atomic E-state index is 0.146. The maximum Gasteiger partial charge on any atom is 0.338 e. The number of non-ortho nitro benzene ring substituents is 1. The van der Waals surface area contributed by atoms with Crippen LogP contribution in [0.5, 0.6) is 0 Å². The Labute approximate surface area is 131 Å². The number of benzene rings is 3. The molecule has 0 fully saturated rings. The van der Waals surface area contributed by atoms with Gasteiger partial charge in [0.1, 0.15) is 0 Å². The van der Waals surface area contributed by atoms with Crippen LogP contribution < -0.4 is 5.32 Å². The first-order valence-electron chi connectivity index (χ1n) is 6.83. The highest BCUT2D eigenvalue weighted by atomic mass is 16.6. The lowest BCUT2D eigenvalue weighted by molar-refractivity contribution is -0.384. The summed E-state index contributed by atoms with van der Waals surface area (Å²) in [5.41, 5.74) is 0.636. The van der Waals surface area contributed by atoms with E-state index < -0.39 is 10.9 Å². The molecular weight excluding hydrogens is 296 g/mol. The highest BCUT2D eigenvalue weighted by molar-refractivity contribution is 6.00. The lowest BCUT2D eigenvalue weighted by Gasteiger charge is -2.12. The van der Waals surface area contributed by atoms with E-state index >= 15 is 0 Å². The number of nitrogens with zero attached hydrogens (tertiary/aromatic N) is 1. The van der Waals surface area contributed by atoms with Gasteiger partial charge in [-0.25, -0.2) is 4.79 Å². The lowest BCUT2D eigenvalue weighted by atomic mass is 10.1. The van der Waals surface area contributed by atoms with E-state index in [0.29, 0.717) is 5.69 Å².